The van der Waals surface area contributed by atoms with Gasteiger partial charge in [-0.25, -0.2) is 8.78 Å². The molecule has 0 aromatic rings. The molecule has 0 N–H and O–H groups in total. The van der Waals surface area contributed by atoms with Gasteiger partial charge in [0.1, 0.15) is 24.9 Å². The topological polar surface area (TPSA) is 52.8 Å². The van der Waals surface area contributed by atoms with E-state index < -0.39 is 110 Å². The van der Waals surface area contributed by atoms with Crippen molar-refractivity contribution in [3.05, 3.63) is 0 Å². The van der Waals surface area contributed by atoms with E-state index in [1.165, 1.54) is 0 Å². The fourth-order valence-electron chi connectivity index (χ4n) is 3.41. The zero-order valence-corrected chi connectivity index (χ0v) is 23.9. The lowest BCUT2D eigenvalue weighted by atomic mass is 9.84. The van der Waals surface area contributed by atoms with Crippen molar-refractivity contribution in [2.45, 2.75) is 89.9 Å². The summed E-state index contributed by atoms with van der Waals surface area (Å²) in [6.45, 7) is -5.72. The van der Waals surface area contributed by atoms with Gasteiger partial charge < -0.3 is 23.7 Å². The predicted molar refractivity (Wildman–Crippen MR) is 111 cm³/mol. The summed E-state index contributed by atoms with van der Waals surface area (Å²) in [5.74, 6) is -96.8. The van der Waals surface area contributed by atoms with E-state index in [1.54, 1.807) is 0 Å². The van der Waals surface area contributed by atoms with Crippen molar-refractivity contribution < 1.29 is 129 Å². The molecule has 0 aliphatic carbocycles. The number of ether oxygens (including phenoxy) is 5. The van der Waals surface area contributed by atoms with Crippen LogP contribution >= 0.6 is 0 Å². The van der Waals surface area contributed by atoms with Crippen LogP contribution < -0.4 is 0 Å². The number of rotatable bonds is 22. The minimum Gasteiger partial charge on any atom is -0.376 e. The summed E-state index contributed by atoms with van der Waals surface area (Å²) in [5, 5.41) is 0. The van der Waals surface area contributed by atoms with Crippen LogP contribution in [0.4, 0.5) is 105 Å². The molecule has 3 unspecified atom stereocenters. The van der Waals surface area contributed by atoms with Crippen LogP contribution in [0.1, 0.15) is 0 Å². The van der Waals surface area contributed by atoms with E-state index in [4.69, 9.17) is 18.9 Å². The molecule has 0 radical (unpaired) electrons. The van der Waals surface area contributed by atoms with Gasteiger partial charge in [-0.05, 0) is 0 Å². The Morgan fingerprint density at radius 3 is 1.12 bits per heavy atom. The number of hydrogen-bond donors (Lipinski definition) is 0. The van der Waals surface area contributed by atoms with E-state index >= 15 is 0 Å². The molecule has 0 saturated carbocycles. The number of alkyl halides is 24. The average molecular weight is 818 g/mol. The molecule has 0 aromatic heterocycles. The Hall–Kier alpha value is -1.88. The first-order chi connectivity index (χ1) is 22.5. The molecule has 51 heavy (non-hydrogen) atoms. The van der Waals surface area contributed by atoms with Gasteiger partial charge in [0, 0.05) is 0 Å². The highest BCUT2D eigenvalue weighted by Gasteiger charge is 2.98. The van der Waals surface area contributed by atoms with Crippen molar-refractivity contribution in [1.82, 2.24) is 0 Å². The van der Waals surface area contributed by atoms with Crippen molar-refractivity contribution in [1.29, 1.82) is 0 Å². The number of halogens is 24. The van der Waals surface area contributed by atoms with Gasteiger partial charge in [0.05, 0.1) is 39.6 Å². The maximum absolute atomic E-state index is 14.1. The van der Waals surface area contributed by atoms with Crippen LogP contribution in [0.5, 0.6) is 0 Å². The first-order valence-electron chi connectivity index (χ1n) is 12.9. The van der Waals surface area contributed by atoms with Crippen LogP contribution in [0.15, 0.2) is 0 Å². The lowest BCUT2D eigenvalue weighted by Gasteiger charge is -2.45. The summed E-state index contributed by atoms with van der Waals surface area (Å²) >= 11 is 0. The number of hydrogen-bond acceptors (Lipinski definition) is 5. The van der Waals surface area contributed by atoms with Gasteiger partial charge in [0.2, 0.25) is 0 Å². The van der Waals surface area contributed by atoms with Crippen LogP contribution in [0.2, 0.25) is 0 Å². The molecule has 2 aliphatic rings. The fourth-order valence-corrected chi connectivity index (χ4v) is 3.41. The minimum absolute atomic E-state index is 0.0781. The second-order valence-corrected chi connectivity index (χ2v) is 10.7. The van der Waals surface area contributed by atoms with Gasteiger partial charge in [-0.1, -0.05) is 0 Å². The Bertz CT molecular complexity index is 1180. The highest BCUT2D eigenvalue weighted by molar-refractivity contribution is 5.19. The van der Waals surface area contributed by atoms with E-state index in [1.807, 2.05) is 0 Å². The predicted octanol–water partition coefficient (Wildman–Crippen LogP) is 7.46. The summed E-state index contributed by atoms with van der Waals surface area (Å²) in [4.78, 5) is 0. The first-order valence-corrected chi connectivity index (χ1v) is 12.9. The second kappa shape index (κ2) is 13.8. The average Bonchev–Trinajstić information content (AvgIpc) is 3.90. The normalized spacial score (nSPS) is 21.4. The highest BCUT2D eigenvalue weighted by atomic mass is 19.4. The molecule has 2 heterocycles. The lowest BCUT2D eigenvalue weighted by molar-refractivity contribution is -0.476. The fraction of sp³-hybridized carbons (Fsp3) is 1.00. The highest BCUT2D eigenvalue weighted by Crippen LogP contribution is 2.67. The van der Waals surface area contributed by atoms with E-state index in [-0.39, 0.29) is 26.4 Å². The summed E-state index contributed by atoms with van der Waals surface area (Å²) in [6, 6.07) is 0. The van der Waals surface area contributed by atoms with Crippen molar-refractivity contribution in [3.8, 4) is 0 Å². The van der Waals surface area contributed by atoms with Gasteiger partial charge in [-0.3, -0.25) is 0 Å². The quantitative estimate of drug-likeness (QED) is 0.0840. The molecule has 0 aromatic carbocycles. The molecular formula is C22H18F24O5. The van der Waals surface area contributed by atoms with Crippen molar-refractivity contribution in [2.24, 2.45) is 0 Å². The first kappa shape index (κ1) is 45.3. The molecule has 29 heteroatoms. The minimum atomic E-state index is -9.51. The third-order valence-electron chi connectivity index (χ3n) is 6.82. The molecule has 2 saturated heterocycles. The molecule has 2 fully saturated rings. The standard InChI is InChI=1S/C22H18F24O5/c23-11(24)13(27,28)15(31,32)17(35,36)19(39,40)21(43,44)22(45,46)20(41,42)18(37,38)16(33,34)14(29,30)12(25,26)7-48-3-8(49-5-10-6-51-10)1-47-2-9-4-50-9/h8-11H,1-7H2. The van der Waals surface area contributed by atoms with Crippen molar-refractivity contribution in [2.75, 3.05) is 46.2 Å². The molecule has 0 bridgehead atoms. The molecule has 304 valence electrons. The van der Waals surface area contributed by atoms with Crippen LogP contribution in [-0.2, 0) is 23.7 Å². The zero-order valence-electron chi connectivity index (χ0n) is 23.9. The Balaban J connectivity index is 2.40. The maximum atomic E-state index is 14.1. The van der Waals surface area contributed by atoms with Gasteiger partial charge in [0.15, 0.2) is 0 Å². The maximum Gasteiger partial charge on any atom is 0.385 e. The Kier molecular flexibility index (Phi) is 12.2. The molecule has 2 aliphatic heterocycles. The third kappa shape index (κ3) is 7.34. The van der Waals surface area contributed by atoms with Crippen molar-refractivity contribution in [3.63, 3.8) is 0 Å². The smallest absolute Gasteiger partial charge is 0.376 e. The molecule has 0 spiro atoms. The van der Waals surface area contributed by atoms with Crippen LogP contribution in [-0.4, -0.2) is 136 Å². The molecule has 2 rings (SSSR count). The zero-order chi connectivity index (χ0) is 40.3. The Morgan fingerprint density at radius 1 is 0.451 bits per heavy atom. The summed E-state index contributed by atoms with van der Waals surface area (Å²) in [7, 11) is 0. The van der Waals surface area contributed by atoms with E-state index in [2.05, 4.69) is 4.74 Å². The van der Waals surface area contributed by atoms with Crippen LogP contribution in [0.25, 0.3) is 0 Å². The largest absolute Gasteiger partial charge is 0.385 e. The monoisotopic (exact) mass is 818 g/mol. The molecule has 3 atom stereocenters. The van der Waals surface area contributed by atoms with Gasteiger partial charge in [-0.15, -0.1) is 0 Å². The van der Waals surface area contributed by atoms with Gasteiger partial charge in [0.25, 0.3) is 0 Å². The van der Waals surface area contributed by atoms with E-state index in [9.17, 15) is 105 Å². The molecular weight excluding hydrogens is 800 g/mol. The summed E-state index contributed by atoms with van der Waals surface area (Å²) in [5.41, 5.74) is 0. The summed E-state index contributed by atoms with van der Waals surface area (Å²) < 4.78 is 351. The van der Waals surface area contributed by atoms with Gasteiger partial charge in [-0.2, -0.15) is 96.6 Å². The molecule has 0 amide bonds. The number of epoxide rings is 2. The summed E-state index contributed by atoms with van der Waals surface area (Å²) in [6.07, 6.45) is -8.96. The van der Waals surface area contributed by atoms with Gasteiger partial charge >= 0.3 is 71.6 Å². The van der Waals surface area contributed by atoms with E-state index in [0.717, 1.165) is 0 Å². The van der Waals surface area contributed by atoms with Crippen LogP contribution in [0, 0.1) is 0 Å². The molecule has 5 nitrogen and oxygen atoms in total. The Labute approximate surface area is 266 Å². The third-order valence-corrected chi connectivity index (χ3v) is 6.82. The van der Waals surface area contributed by atoms with E-state index in [0.29, 0.717) is 0 Å². The SMILES string of the molecule is FC(F)C(F)(F)C(F)(F)C(F)(F)C(F)(F)C(F)(F)C(F)(F)C(F)(F)C(F)(F)C(F)(F)C(F)(F)C(F)(F)COCC(COCC1CO1)OCC1CO1. The lowest BCUT2D eigenvalue weighted by Crippen LogP contribution is -2.78. The van der Waals surface area contributed by atoms with Crippen LogP contribution in [0.3, 0.4) is 0 Å². The Morgan fingerprint density at radius 2 is 0.765 bits per heavy atom. The second-order valence-electron chi connectivity index (χ2n) is 10.7. The van der Waals surface area contributed by atoms with Crippen molar-refractivity contribution >= 4 is 0 Å².